The Morgan fingerprint density at radius 3 is 2.68 bits per heavy atom. The molecule has 0 atom stereocenters. The van der Waals surface area contributed by atoms with Gasteiger partial charge in [0.2, 0.25) is 5.91 Å². The maximum atomic E-state index is 13.8. The van der Waals surface area contributed by atoms with Crippen LogP contribution in [0.15, 0.2) is 53.1 Å². The summed E-state index contributed by atoms with van der Waals surface area (Å²) in [7, 11) is 0. The molecule has 1 heterocycles. The lowest BCUT2D eigenvalue weighted by molar-refractivity contribution is -0.137. The number of aryl methyl sites for hydroxylation is 1. The van der Waals surface area contributed by atoms with E-state index in [1.807, 2.05) is 6.92 Å². The van der Waals surface area contributed by atoms with Gasteiger partial charge in [-0.15, -0.1) is 0 Å². The van der Waals surface area contributed by atoms with Gasteiger partial charge >= 0.3 is 6.18 Å². The molecule has 3 aromatic rings. The number of nitrogens with one attached hydrogen (secondary N) is 1. The van der Waals surface area contributed by atoms with Crippen LogP contribution in [-0.4, -0.2) is 17.5 Å². The Balaban J connectivity index is 1.67. The smallest absolute Gasteiger partial charge is 0.416 e. The van der Waals surface area contributed by atoms with Gasteiger partial charge in [0.15, 0.2) is 11.7 Å². The number of aromatic nitrogens is 1. The summed E-state index contributed by atoms with van der Waals surface area (Å²) in [4.78, 5) is 16.4. The number of benzene rings is 2. The van der Waals surface area contributed by atoms with Gasteiger partial charge in [-0.3, -0.25) is 4.79 Å². The molecule has 1 N–H and O–H groups in total. The first-order valence-electron chi connectivity index (χ1n) is 9.61. The minimum atomic E-state index is -4.55. The number of ether oxygens (including phenoxy) is 1. The number of rotatable bonds is 8. The van der Waals surface area contributed by atoms with E-state index in [1.54, 1.807) is 12.1 Å². The second kappa shape index (κ2) is 9.63. The Bertz CT molecular complexity index is 1050. The minimum absolute atomic E-state index is 0.0623. The van der Waals surface area contributed by atoms with Crippen molar-refractivity contribution >= 4 is 11.6 Å². The lowest BCUT2D eigenvalue weighted by atomic mass is 10.1. The lowest BCUT2D eigenvalue weighted by Gasteiger charge is -2.15. The third-order valence-corrected chi connectivity index (χ3v) is 4.30. The maximum absolute atomic E-state index is 13.8. The van der Waals surface area contributed by atoms with Gasteiger partial charge in [-0.1, -0.05) is 19.1 Å². The fourth-order valence-electron chi connectivity index (χ4n) is 2.79. The number of halogens is 4. The predicted octanol–water partition coefficient (Wildman–Crippen LogP) is 5.86. The molecule has 0 spiro atoms. The highest BCUT2D eigenvalue weighted by Crippen LogP contribution is 2.35. The maximum Gasteiger partial charge on any atom is 0.416 e. The highest BCUT2D eigenvalue weighted by Gasteiger charge is 2.31. The molecule has 0 aliphatic carbocycles. The summed E-state index contributed by atoms with van der Waals surface area (Å²) < 4.78 is 63.8. The van der Waals surface area contributed by atoms with Crippen LogP contribution in [-0.2, 0) is 17.4 Å². The summed E-state index contributed by atoms with van der Waals surface area (Å²) in [5, 5.41) is 2.46. The fourth-order valence-corrected chi connectivity index (χ4v) is 2.79. The van der Waals surface area contributed by atoms with E-state index in [0.717, 1.165) is 12.1 Å². The molecule has 0 fully saturated rings. The van der Waals surface area contributed by atoms with Crippen LogP contribution in [0.5, 0.6) is 5.75 Å². The molecule has 5 nitrogen and oxygen atoms in total. The monoisotopic (exact) mass is 436 g/mol. The molecule has 164 valence electrons. The molecule has 0 saturated carbocycles. The lowest BCUT2D eigenvalue weighted by Crippen LogP contribution is -2.15. The van der Waals surface area contributed by atoms with E-state index in [9.17, 15) is 22.4 Å². The number of alkyl halides is 3. The molecular formula is C22H20F4N2O3. The van der Waals surface area contributed by atoms with Crippen molar-refractivity contribution in [3.63, 3.8) is 0 Å². The minimum Gasteiger partial charge on any atom is -0.491 e. The number of nitrogens with zero attached hydrogens (tertiary/aromatic N) is 1. The van der Waals surface area contributed by atoms with Crippen LogP contribution in [0.3, 0.4) is 0 Å². The van der Waals surface area contributed by atoms with Crippen LogP contribution in [0, 0.1) is 5.82 Å². The van der Waals surface area contributed by atoms with Crippen molar-refractivity contribution in [2.75, 3.05) is 11.9 Å². The van der Waals surface area contributed by atoms with Gasteiger partial charge in [0, 0.05) is 12.8 Å². The van der Waals surface area contributed by atoms with Crippen molar-refractivity contribution in [1.29, 1.82) is 0 Å². The average Bonchev–Trinajstić information content (AvgIpc) is 3.20. The highest BCUT2D eigenvalue weighted by molar-refractivity contribution is 5.92. The third-order valence-electron chi connectivity index (χ3n) is 4.30. The first-order chi connectivity index (χ1) is 14.8. The Labute approximate surface area is 176 Å². The molecule has 0 aliphatic heterocycles. The number of hydrogen-bond donors (Lipinski definition) is 1. The summed E-state index contributed by atoms with van der Waals surface area (Å²) in [5.41, 5.74) is -0.714. The van der Waals surface area contributed by atoms with Crippen molar-refractivity contribution < 1.29 is 31.5 Å². The molecule has 1 aromatic heterocycles. The van der Waals surface area contributed by atoms with Gasteiger partial charge < -0.3 is 14.5 Å². The Hall–Kier alpha value is -3.36. The summed E-state index contributed by atoms with van der Waals surface area (Å²) in [6, 6.07) is 8.95. The summed E-state index contributed by atoms with van der Waals surface area (Å²) >= 11 is 0. The van der Waals surface area contributed by atoms with Gasteiger partial charge in [0.1, 0.15) is 11.6 Å². The molecule has 3 rings (SSSR count). The quantitative estimate of drug-likeness (QED) is 0.449. The van der Waals surface area contributed by atoms with E-state index in [0.29, 0.717) is 13.0 Å². The second-order valence-electron chi connectivity index (χ2n) is 6.70. The molecule has 0 bridgehead atoms. The van der Waals surface area contributed by atoms with Crippen LogP contribution in [0.1, 0.15) is 31.2 Å². The number of hydrogen-bond acceptors (Lipinski definition) is 4. The van der Waals surface area contributed by atoms with Crippen molar-refractivity contribution in [2.45, 2.75) is 32.4 Å². The van der Waals surface area contributed by atoms with Crippen LogP contribution in [0.4, 0.5) is 23.2 Å². The number of amides is 1. The third kappa shape index (κ3) is 5.84. The van der Waals surface area contributed by atoms with Crippen molar-refractivity contribution in [3.8, 4) is 17.1 Å². The van der Waals surface area contributed by atoms with E-state index in [1.165, 1.54) is 24.4 Å². The molecule has 31 heavy (non-hydrogen) atoms. The van der Waals surface area contributed by atoms with Gasteiger partial charge in [-0.05, 0) is 36.8 Å². The first kappa shape index (κ1) is 22.3. The van der Waals surface area contributed by atoms with E-state index in [-0.39, 0.29) is 41.5 Å². The SMILES string of the molecule is CCCOc1ccc(C(F)(F)F)cc1NC(=O)CCc1ncc(-c2ccccc2F)o1. The Morgan fingerprint density at radius 2 is 1.97 bits per heavy atom. The van der Waals surface area contributed by atoms with Crippen molar-refractivity contribution in [2.24, 2.45) is 0 Å². The molecule has 0 unspecified atom stereocenters. The molecule has 9 heteroatoms. The predicted molar refractivity (Wildman–Crippen MR) is 106 cm³/mol. The van der Waals surface area contributed by atoms with Gasteiger partial charge in [-0.2, -0.15) is 13.2 Å². The number of carbonyl (C=O) groups excluding carboxylic acids is 1. The number of anilines is 1. The first-order valence-corrected chi connectivity index (χ1v) is 9.61. The Morgan fingerprint density at radius 1 is 1.19 bits per heavy atom. The second-order valence-corrected chi connectivity index (χ2v) is 6.70. The largest absolute Gasteiger partial charge is 0.491 e. The standard InChI is InChI=1S/C22H20F4N2O3/c1-2-11-30-18-8-7-14(22(24,25)26)12-17(18)28-20(29)9-10-21-27-13-19(31-21)15-5-3-4-6-16(15)23/h3-8,12-13H,2,9-11H2,1H3,(H,28,29). The van der Waals surface area contributed by atoms with E-state index in [2.05, 4.69) is 10.3 Å². The molecule has 0 aliphatic rings. The number of oxazole rings is 1. The molecule has 0 radical (unpaired) electrons. The van der Waals surface area contributed by atoms with Gasteiger partial charge in [-0.25, -0.2) is 9.37 Å². The van der Waals surface area contributed by atoms with Crippen LogP contribution < -0.4 is 10.1 Å². The van der Waals surface area contributed by atoms with E-state index in [4.69, 9.17) is 9.15 Å². The molecular weight excluding hydrogens is 416 g/mol. The molecule has 1 amide bonds. The Kier molecular flexibility index (Phi) is 6.94. The topological polar surface area (TPSA) is 64.4 Å². The zero-order chi connectivity index (χ0) is 22.4. The highest BCUT2D eigenvalue weighted by atomic mass is 19.4. The zero-order valence-corrected chi connectivity index (χ0v) is 16.6. The van der Waals surface area contributed by atoms with E-state index >= 15 is 0 Å². The summed E-state index contributed by atoms with van der Waals surface area (Å²) in [6.45, 7) is 2.15. The van der Waals surface area contributed by atoms with Crippen molar-refractivity contribution in [1.82, 2.24) is 4.98 Å². The molecule has 0 saturated heterocycles. The molecule has 2 aromatic carbocycles. The van der Waals surface area contributed by atoms with Crippen LogP contribution >= 0.6 is 0 Å². The fraction of sp³-hybridized carbons (Fsp3) is 0.273. The van der Waals surface area contributed by atoms with Crippen LogP contribution in [0.2, 0.25) is 0 Å². The van der Waals surface area contributed by atoms with Gasteiger partial charge in [0.25, 0.3) is 0 Å². The van der Waals surface area contributed by atoms with Crippen molar-refractivity contribution in [3.05, 3.63) is 65.9 Å². The summed E-state index contributed by atoms with van der Waals surface area (Å²) in [5.74, 6) is -0.416. The van der Waals surface area contributed by atoms with Gasteiger partial charge in [0.05, 0.1) is 29.6 Å². The van der Waals surface area contributed by atoms with Crippen LogP contribution in [0.25, 0.3) is 11.3 Å². The average molecular weight is 436 g/mol. The zero-order valence-electron chi connectivity index (χ0n) is 16.6. The van der Waals surface area contributed by atoms with E-state index < -0.39 is 23.5 Å². The number of carbonyl (C=O) groups is 1. The summed E-state index contributed by atoms with van der Waals surface area (Å²) in [6.07, 6.45) is -2.55. The normalized spacial score (nSPS) is 11.4.